The maximum Gasteiger partial charge on any atom is 0.311 e. The third-order valence-electron chi connectivity index (χ3n) is 3.68. The summed E-state index contributed by atoms with van der Waals surface area (Å²) in [5.41, 5.74) is -0.240. The highest BCUT2D eigenvalue weighted by molar-refractivity contribution is 5.83. The fourth-order valence-electron chi connectivity index (χ4n) is 2.29. The van der Waals surface area contributed by atoms with Crippen LogP contribution < -0.4 is 4.74 Å². The second-order valence-corrected chi connectivity index (χ2v) is 6.37. The van der Waals surface area contributed by atoms with Crippen LogP contribution in [0.4, 0.5) is 5.69 Å². The Morgan fingerprint density at radius 3 is 2.83 bits per heavy atom. The van der Waals surface area contributed by atoms with Crippen molar-refractivity contribution in [3.05, 3.63) is 28.4 Å². The van der Waals surface area contributed by atoms with Crippen molar-refractivity contribution in [2.75, 3.05) is 13.2 Å². The number of aromatic nitrogens is 2. The van der Waals surface area contributed by atoms with E-state index in [4.69, 9.17) is 9.47 Å². The molecule has 124 valence electrons. The van der Waals surface area contributed by atoms with Crippen LogP contribution in [0.15, 0.2) is 18.3 Å². The predicted octanol–water partition coefficient (Wildman–Crippen LogP) is 1.88. The zero-order chi connectivity index (χ0) is 16.6. The molecule has 1 saturated heterocycles. The Morgan fingerprint density at radius 1 is 1.52 bits per heavy atom. The molecular formula is C15H19N3O5. The molecule has 0 bridgehead atoms. The van der Waals surface area contributed by atoms with Gasteiger partial charge in [0, 0.05) is 30.3 Å². The normalized spacial score (nSPS) is 15.6. The van der Waals surface area contributed by atoms with Crippen molar-refractivity contribution in [2.24, 2.45) is 0 Å². The summed E-state index contributed by atoms with van der Waals surface area (Å²) in [6, 6.07) is 3.06. The zero-order valence-electron chi connectivity index (χ0n) is 13.1. The first-order valence-corrected chi connectivity index (χ1v) is 7.44. The molecule has 1 N–H and O–H groups in total. The van der Waals surface area contributed by atoms with Crippen molar-refractivity contribution in [3.8, 4) is 5.75 Å². The molecule has 0 aliphatic carbocycles. The first-order valence-electron chi connectivity index (χ1n) is 7.44. The first-order chi connectivity index (χ1) is 10.8. The van der Waals surface area contributed by atoms with Gasteiger partial charge < -0.3 is 14.6 Å². The van der Waals surface area contributed by atoms with E-state index in [9.17, 15) is 15.2 Å². The molecule has 8 heteroatoms. The number of rotatable bonds is 6. The average molecular weight is 321 g/mol. The van der Waals surface area contributed by atoms with Crippen molar-refractivity contribution in [2.45, 2.75) is 38.5 Å². The van der Waals surface area contributed by atoms with E-state index >= 15 is 0 Å². The highest BCUT2D eigenvalue weighted by atomic mass is 16.6. The smallest absolute Gasteiger partial charge is 0.311 e. The van der Waals surface area contributed by atoms with E-state index in [1.54, 1.807) is 30.8 Å². The molecule has 0 amide bonds. The van der Waals surface area contributed by atoms with Crippen LogP contribution in [-0.2, 0) is 11.3 Å². The Hall–Kier alpha value is -2.19. The van der Waals surface area contributed by atoms with Crippen LogP contribution in [0.5, 0.6) is 5.75 Å². The maximum atomic E-state index is 11.3. The molecule has 1 aliphatic rings. The van der Waals surface area contributed by atoms with E-state index < -0.39 is 10.5 Å². The van der Waals surface area contributed by atoms with Crippen LogP contribution in [0.3, 0.4) is 0 Å². The number of hydrogen-bond acceptors (Lipinski definition) is 6. The largest absolute Gasteiger partial charge is 0.479 e. The van der Waals surface area contributed by atoms with Gasteiger partial charge in [-0.25, -0.2) is 0 Å². The lowest BCUT2D eigenvalue weighted by Crippen LogP contribution is -2.38. The minimum Gasteiger partial charge on any atom is -0.479 e. The van der Waals surface area contributed by atoms with E-state index in [1.165, 1.54) is 6.07 Å². The summed E-state index contributed by atoms with van der Waals surface area (Å²) in [4.78, 5) is 10.8. The van der Waals surface area contributed by atoms with Crippen molar-refractivity contribution < 1.29 is 19.5 Å². The number of aryl methyl sites for hydroxylation is 1. The van der Waals surface area contributed by atoms with Crippen molar-refractivity contribution >= 4 is 16.6 Å². The number of fused-ring (bicyclic) bond motifs is 1. The minimum atomic E-state index is -0.789. The number of benzene rings is 1. The Balaban J connectivity index is 1.89. The summed E-state index contributed by atoms with van der Waals surface area (Å²) in [5, 5.41) is 26.1. The molecule has 0 spiro atoms. The van der Waals surface area contributed by atoms with Crippen LogP contribution in [0, 0.1) is 10.1 Å². The van der Waals surface area contributed by atoms with E-state index in [0.717, 1.165) is 0 Å². The Labute approximate surface area is 132 Å². The molecule has 2 aromatic rings. The Morgan fingerprint density at radius 2 is 2.26 bits per heavy atom. The summed E-state index contributed by atoms with van der Waals surface area (Å²) in [7, 11) is 0. The van der Waals surface area contributed by atoms with E-state index in [0.29, 0.717) is 37.1 Å². The highest BCUT2D eigenvalue weighted by Gasteiger charge is 2.26. The second kappa shape index (κ2) is 5.78. The van der Waals surface area contributed by atoms with Gasteiger partial charge in [-0.05, 0) is 20.3 Å². The van der Waals surface area contributed by atoms with Gasteiger partial charge in [0.1, 0.15) is 6.10 Å². The topological polar surface area (TPSA) is 99.7 Å². The van der Waals surface area contributed by atoms with E-state index in [-0.39, 0.29) is 17.5 Å². The lowest BCUT2D eigenvalue weighted by molar-refractivity contribution is -0.386. The highest BCUT2D eigenvalue weighted by Crippen LogP contribution is 2.33. The fraction of sp³-hybridized carbons (Fsp3) is 0.533. The van der Waals surface area contributed by atoms with Crippen LogP contribution in [0.25, 0.3) is 10.9 Å². The first kappa shape index (κ1) is 15.7. The lowest BCUT2D eigenvalue weighted by Gasteiger charge is -2.26. The minimum absolute atomic E-state index is 0.0774. The third kappa shape index (κ3) is 3.59. The number of aliphatic hydroxyl groups is 1. The summed E-state index contributed by atoms with van der Waals surface area (Å²) in [6.07, 6.45) is 2.12. The quantitative estimate of drug-likeness (QED) is 0.644. The standard InChI is InChI=1S/C15H19N3O5/c1-15(2,19)3-4-17-7-10-5-13(18(20)21)14(6-12(10)16-17)23-11-8-22-9-11/h5-7,11,19H,3-4,8-9H2,1-2H3. The summed E-state index contributed by atoms with van der Waals surface area (Å²) < 4.78 is 12.3. The monoisotopic (exact) mass is 321 g/mol. The van der Waals surface area contributed by atoms with Gasteiger partial charge in [-0.15, -0.1) is 0 Å². The predicted molar refractivity (Wildman–Crippen MR) is 82.5 cm³/mol. The van der Waals surface area contributed by atoms with Crippen LogP contribution >= 0.6 is 0 Å². The van der Waals surface area contributed by atoms with E-state index in [2.05, 4.69) is 5.10 Å². The SMILES string of the molecule is CC(C)(O)CCn1cc2cc([N+](=O)[O-])c(OC3COC3)cc2n1. The molecule has 23 heavy (non-hydrogen) atoms. The lowest BCUT2D eigenvalue weighted by atomic mass is 10.1. The fourth-order valence-corrected chi connectivity index (χ4v) is 2.29. The molecule has 0 atom stereocenters. The molecule has 1 aromatic heterocycles. The van der Waals surface area contributed by atoms with Gasteiger partial charge in [0.25, 0.3) is 0 Å². The molecule has 0 unspecified atom stereocenters. The molecule has 1 fully saturated rings. The second-order valence-electron chi connectivity index (χ2n) is 6.37. The van der Waals surface area contributed by atoms with Crippen molar-refractivity contribution in [1.82, 2.24) is 9.78 Å². The molecule has 3 rings (SSSR count). The molecule has 2 heterocycles. The van der Waals surface area contributed by atoms with Gasteiger partial charge in [0.15, 0.2) is 5.75 Å². The molecular weight excluding hydrogens is 302 g/mol. The van der Waals surface area contributed by atoms with Gasteiger partial charge in [0.05, 0.1) is 29.3 Å². The molecule has 8 nitrogen and oxygen atoms in total. The van der Waals surface area contributed by atoms with Gasteiger partial charge >= 0.3 is 5.69 Å². The number of nitro benzene ring substituents is 1. The number of nitro groups is 1. The third-order valence-corrected chi connectivity index (χ3v) is 3.68. The summed E-state index contributed by atoms with van der Waals surface area (Å²) >= 11 is 0. The number of nitrogens with zero attached hydrogens (tertiary/aromatic N) is 3. The zero-order valence-corrected chi connectivity index (χ0v) is 13.1. The molecule has 1 aromatic carbocycles. The summed E-state index contributed by atoms with van der Waals surface area (Å²) in [6.45, 7) is 4.87. The van der Waals surface area contributed by atoms with Crippen LogP contribution in [0.1, 0.15) is 20.3 Å². The van der Waals surface area contributed by atoms with E-state index in [1.807, 2.05) is 0 Å². The van der Waals surface area contributed by atoms with Crippen molar-refractivity contribution in [1.29, 1.82) is 0 Å². The number of ether oxygens (including phenoxy) is 2. The van der Waals surface area contributed by atoms with Crippen molar-refractivity contribution in [3.63, 3.8) is 0 Å². The van der Waals surface area contributed by atoms with Gasteiger partial charge in [-0.2, -0.15) is 5.10 Å². The van der Waals surface area contributed by atoms with Gasteiger partial charge in [0.2, 0.25) is 0 Å². The average Bonchev–Trinajstić information content (AvgIpc) is 2.80. The van der Waals surface area contributed by atoms with Gasteiger partial charge in [-0.1, -0.05) is 0 Å². The molecule has 0 saturated carbocycles. The molecule has 1 aliphatic heterocycles. The van der Waals surface area contributed by atoms with Crippen LogP contribution in [0.2, 0.25) is 0 Å². The summed E-state index contributed by atoms with van der Waals surface area (Å²) in [5.74, 6) is 0.212. The Kier molecular flexibility index (Phi) is 3.95. The van der Waals surface area contributed by atoms with Crippen LogP contribution in [-0.4, -0.2) is 44.7 Å². The number of hydrogen-bond donors (Lipinski definition) is 1. The maximum absolute atomic E-state index is 11.3. The molecule has 0 radical (unpaired) electrons. The van der Waals surface area contributed by atoms with Gasteiger partial charge in [-0.3, -0.25) is 14.8 Å². The Bertz CT molecular complexity index is 731.